The summed E-state index contributed by atoms with van der Waals surface area (Å²) in [5, 5.41) is 9.29. The number of nitrogens with zero attached hydrogens (tertiary/aromatic N) is 2. The Morgan fingerprint density at radius 2 is 1.71 bits per heavy atom. The largest absolute Gasteiger partial charge is 0.482 e. The highest BCUT2D eigenvalue weighted by molar-refractivity contribution is 7.90. The summed E-state index contributed by atoms with van der Waals surface area (Å²) in [4.78, 5) is 25.6. The zero-order chi connectivity index (χ0) is 24.5. The van der Waals surface area contributed by atoms with Gasteiger partial charge in [0.1, 0.15) is 17.2 Å². The molecule has 1 aliphatic rings. The molecule has 2 heterocycles. The zero-order valence-electron chi connectivity index (χ0n) is 18.3. The number of aromatic nitrogens is 1. The quantitative estimate of drug-likeness (QED) is 0.592. The van der Waals surface area contributed by atoms with E-state index in [2.05, 4.69) is 0 Å². The molecule has 1 N–H and O–H groups in total. The minimum Gasteiger partial charge on any atom is -0.482 e. The zero-order valence-corrected chi connectivity index (χ0v) is 19.2. The van der Waals surface area contributed by atoms with Crippen LogP contribution in [0.2, 0.25) is 0 Å². The Labute approximate surface area is 195 Å². The lowest BCUT2D eigenvalue weighted by Crippen LogP contribution is -2.48. The molecule has 1 saturated heterocycles. The molecule has 0 unspecified atom stereocenters. The summed E-state index contributed by atoms with van der Waals surface area (Å²) in [6.07, 6.45) is 1.99. The first-order valence-electron chi connectivity index (χ1n) is 10.5. The topological polar surface area (TPSA) is 106 Å². The van der Waals surface area contributed by atoms with Crippen molar-refractivity contribution < 1.29 is 27.4 Å². The van der Waals surface area contributed by atoms with Gasteiger partial charge in [-0.3, -0.25) is 9.36 Å². The number of piperidine rings is 1. The standard InChI is InChI=1S/C24H23FN2O6S/c1-34(31,32)19-8-6-17(7-9-19)27-13-10-18(16-22(27)28)33-24(20-4-2-3-5-21(20)25)11-14-26(15-12-24)23(29)30/h2-10,13,16H,11-12,14-15H2,1H3,(H,29,30). The molecule has 3 aromatic rings. The molecule has 0 spiro atoms. The van der Waals surface area contributed by atoms with Gasteiger partial charge in [0.15, 0.2) is 9.84 Å². The van der Waals surface area contributed by atoms with E-state index in [1.54, 1.807) is 24.3 Å². The number of carboxylic acid groups (broad SMARTS) is 1. The van der Waals surface area contributed by atoms with Crippen molar-refractivity contribution in [3.05, 3.63) is 88.6 Å². The van der Waals surface area contributed by atoms with E-state index < -0.39 is 32.9 Å². The summed E-state index contributed by atoms with van der Waals surface area (Å²) < 4.78 is 45.6. The molecule has 1 aromatic heterocycles. The number of rotatable bonds is 5. The number of likely N-dealkylation sites (tertiary alicyclic amines) is 1. The van der Waals surface area contributed by atoms with Crippen molar-refractivity contribution in [3.8, 4) is 11.4 Å². The molecule has 0 aliphatic carbocycles. The Bertz CT molecular complexity index is 1380. The average molecular weight is 487 g/mol. The number of ether oxygens (including phenoxy) is 1. The van der Waals surface area contributed by atoms with Crippen LogP contribution in [0.1, 0.15) is 18.4 Å². The second-order valence-electron chi connectivity index (χ2n) is 8.18. The number of amides is 1. The van der Waals surface area contributed by atoms with Crippen LogP contribution < -0.4 is 10.3 Å². The first-order chi connectivity index (χ1) is 16.1. The molecule has 4 rings (SSSR count). The molecule has 10 heteroatoms. The smallest absolute Gasteiger partial charge is 0.407 e. The number of halogens is 1. The first kappa shape index (κ1) is 23.5. The fraction of sp³-hybridized carbons (Fsp3) is 0.250. The van der Waals surface area contributed by atoms with Crippen molar-refractivity contribution in [1.82, 2.24) is 9.47 Å². The van der Waals surface area contributed by atoms with Crippen LogP contribution >= 0.6 is 0 Å². The van der Waals surface area contributed by atoms with Gasteiger partial charge in [0.05, 0.1) is 4.90 Å². The van der Waals surface area contributed by atoms with Gasteiger partial charge in [-0.25, -0.2) is 17.6 Å². The van der Waals surface area contributed by atoms with Gasteiger partial charge in [0, 0.05) is 55.7 Å². The van der Waals surface area contributed by atoms with Gasteiger partial charge in [-0.05, 0) is 36.4 Å². The molecule has 1 aliphatic heterocycles. The Balaban J connectivity index is 1.65. The fourth-order valence-corrected chi connectivity index (χ4v) is 4.76. The summed E-state index contributed by atoms with van der Waals surface area (Å²) in [7, 11) is -3.36. The summed E-state index contributed by atoms with van der Waals surface area (Å²) in [5.74, 6) is -0.244. The molecule has 8 nitrogen and oxygen atoms in total. The summed E-state index contributed by atoms with van der Waals surface area (Å²) in [6, 6.07) is 14.9. The Kier molecular flexibility index (Phi) is 6.18. The second-order valence-corrected chi connectivity index (χ2v) is 10.2. The van der Waals surface area contributed by atoms with Gasteiger partial charge < -0.3 is 14.7 Å². The highest BCUT2D eigenvalue weighted by Gasteiger charge is 2.41. The molecular weight excluding hydrogens is 463 g/mol. The van der Waals surface area contributed by atoms with Crippen molar-refractivity contribution >= 4 is 15.9 Å². The molecule has 34 heavy (non-hydrogen) atoms. The molecule has 0 bridgehead atoms. The number of hydrogen-bond donors (Lipinski definition) is 1. The van der Waals surface area contributed by atoms with Crippen LogP contribution in [0.25, 0.3) is 5.69 Å². The van der Waals surface area contributed by atoms with Crippen LogP contribution in [-0.2, 0) is 15.4 Å². The minimum atomic E-state index is -3.36. The molecule has 178 valence electrons. The lowest BCUT2D eigenvalue weighted by atomic mass is 9.83. The molecule has 0 atom stereocenters. The molecule has 1 amide bonds. The number of pyridine rings is 1. The number of sulfone groups is 1. The van der Waals surface area contributed by atoms with Gasteiger partial charge in [0.25, 0.3) is 5.56 Å². The van der Waals surface area contributed by atoms with Gasteiger partial charge in [-0.15, -0.1) is 0 Å². The molecular formula is C24H23FN2O6S. The average Bonchev–Trinajstić information content (AvgIpc) is 2.79. The van der Waals surface area contributed by atoms with E-state index in [1.807, 2.05) is 0 Å². The third-order valence-corrected chi connectivity index (χ3v) is 7.08. The fourth-order valence-electron chi connectivity index (χ4n) is 4.13. The molecule has 2 aromatic carbocycles. The van der Waals surface area contributed by atoms with Crippen molar-refractivity contribution in [2.45, 2.75) is 23.3 Å². The predicted molar refractivity (Wildman–Crippen MR) is 123 cm³/mol. The highest BCUT2D eigenvalue weighted by Crippen LogP contribution is 2.39. The van der Waals surface area contributed by atoms with Crippen LogP contribution in [0, 0.1) is 5.82 Å². The third kappa shape index (κ3) is 4.67. The second kappa shape index (κ2) is 8.94. The summed E-state index contributed by atoms with van der Waals surface area (Å²) in [6.45, 7) is 0.320. The molecule has 0 radical (unpaired) electrons. The monoisotopic (exact) mass is 486 g/mol. The van der Waals surface area contributed by atoms with E-state index in [0.717, 1.165) is 6.26 Å². The van der Waals surface area contributed by atoms with Gasteiger partial charge in [-0.2, -0.15) is 0 Å². The van der Waals surface area contributed by atoms with Crippen LogP contribution in [0.4, 0.5) is 9.18 Å². The van der Waals surface area contributed by atoms with Crippen LogP contribution in [0.3, 0.4) is 0 Å². The number of carbonyl (C=O) groups is 1. The maximum Gasteiger partial charge on any atom is 0.407 e. The van der Waals surface area contributed by atoms with Crippen LogP contribution in [0.15, 0.2) is 76.6 Å². The van der Waals surface area contributed by atoms with Gasteiger partial charge >= 0.3 is 6.09 Å². The molecule has 1 fully saturated rings. The van der Waals surface area contributed by atoms with E-state index in [4.69, 9.17) is 4.74 Å². The Hall–Kier alpha value is -3.66. The van der Waals surface area contributed by atoms with Crippen molar-refractivity contribution in [3.63, 3.8) is 0 Å². The third-order valence-electron chi connectivity index (χ3n) is 5.95. The predicted octanol–water partition coefficient (Wildman–Crippen LogP) is 3.43. The maximum atomic E-state index is 14.7. The molecule has 0 saturated carbocycles. The Morgan fingerprint density at radius 3 is 2.26 bits per heavy atom. The van der Waals surface area contributed by atoms with E-state index >= 15 is 0 Å². The Morgan fingerprint density at radius 1 is 1.06 bits per heavy atom. The van der Waals surface area contributed by atoms with E-state index in [0.29, 0.717) is 11.3 Å². The van der Waals surface area contributed by atoms with Gasteiger partial charge in [-0.1, -0.05) is 18.2 Å². The van der Waals surface area contributed by atoms with E-state index in [-0.39, 0.29) is 36.6 Å². The van der Waals surface area contributed by atoms with Crippen LogP contribution in [-0.4, -0.2) is 48.4 Å². The summed E-state index contributed by atoms with van der Waals surface area (Å²) >= 11 is 0. The lowest BCUT2D eigenvalue weighted by Gasteiger charge is -2.41. The lowest BCUT2D eigenvalue weighted by molar-refractivity contribution is -0.00155. The first-order valence-corrected chi connectivity index (χ1v) is 12.4. The number of benzene rings is 2. The van der Waals surface area contributed by atoms with Crippen molar-refractivity contribution in [2.75, 3.05) is 19.3 Å². The number of hydrogen-bond acceptors (Lipinski definition) is 5. The van der Waals surface area contributed by atoms with Crippen molar-refractivity contribution in [1.29, 1.82) is 0 Å². The highest BCUT2D eigenvalue weighted by atomic mass is 32.2. The normalized spacial score (nSPS) is 15.6. The van der Waals surface area contributed by atoms with E-state index in [1.165, 1.54) is 52.1 Å². The minimum absolute atomic E-state index is 0.142. The summed E-state index contributed by atoms with van der Waals surface area (Å²) in [5.41, 5.74) is -0.771. The van der Waals surface area contributed by atoms with Crippen molar-refractivity contribution in [2.24, 2.45) is 0 Å². The SMILES string of the molecule is CS(=O)(=O)c1ccc(-n2ccc(OC3(c4ccccc4F)CCN(C(=O)O)CC3)cc2=O)cc1. The van der Waals surface area contributed by atoms with Crippen LogP contribution in [0.5, 0.6) is 5.75 Å². The van der Waals surface area contributed by atoms with E-state index in [9.17, 15) is 27.5 Å². The maximum absolute atomic E-state index is 14.7. The van der Waals surface area contributed by atoms with Gasteiger partial charge in [0.2, 0.25) is 0 Å².